The summed E-state index contributed by atoms with van der Waals surface area (Å²) in [5.41, 5.74) is 0. The van der Waals surface area contributed by atoms with Gasteiger partial charge in [-0.25, -0.2) is 4.98 Å². The number of hydrogen-bond donors (Lipinski definition) is 1. The molecule has 1 rings (SSSR count). The van der Waals surface area contributed by atoms with Crippen molar-refractivity contribution in [2.24, 2.45) is 0 Å². The normalized spacial score (nSPS) is 13.8. The second kappa shape index (κ2) is 3.72. The Morgan fingerprint density at radius 1 is 1.42 bits per heavy atom. The first-order chi connectivity index (χ1) is 5.59. The third-order valence-corrected chi connectivity index (χ3v) is 1.59. The fourth-order valence-electron chi connectivity index (χ4n) is 1.14. The summed E-state index contributed by atoms with van der Waals surface area (Å²) in [6, 6.07) is 0.644. The Morgan fingerprint density at radius 2 is 2.08 bits per heavy atom. The van der Waals surface area contributed by atoms with Crippen molar-refractivity contribution >= 4 is 0 Å². The van der Waals surface area contributed by atoms with E-state index in [2.05, 4.69) is 24.1 Å². The van der Waals surface area contributed by atoms with Gasteiger partial charge >= 0.3 is 0 Å². The zero-order valence-electron chi connectivity index (χ0n) is 8.09. The summed E-state index contributed by atoms with van der Waals surface area (Å²) < 4.78 is 5.37. The number of hydrogen-bond acceptors (Lipinski definition) is 3. The maximum absolute atomic E-state index is 5.37. The van der Waals surface area contributed by atoms with Crippen molar-refractivity contribution in [2.75, 3.05) is 0 Å². The topological polar surface area (TPSA) is 38.1 Å². The van der Waals surface area contributed by atoms with E-state index in [-0.39, 0.29) is 6.04 Å². The first-order valence-electron chi connectivity index (χ1n) is 4.28. The van der Waals surface area contributed by atoms with E-state index in [1.807, 2.05) is 13.8 Å². The van der Waals surface area contributed by atoms with Gasteiger partial charge in [0, 0.05) is 6.04 Å². The van der Waals surface area contributed by atoms with Gasteiger partial charge in [-0.1, -0.05) is 13.8 Å². The molecule has 0 amide bonds. The first kappa shape index (κ1) is 9.26. The Labute approximate surface area is 73.2 Å². The van der Waals surface area contributed by atoms with Gasteiger partial charge in [0.1, 0.15) is 5.76 Å². The predicted octanol–water partition coefficient (Wildman–Crippen LogP) is 2.04. The van der Waals surface area contributed by atoms with Gasteiger partial charge in [0.15, 0.2) is 0 Å². The highest BCUT2D eigenvalue weighted by molar-refractivity contribution is 4.95. The lowest BCUT2D eigenvalue weighted by molar-refractivity contribution is 0.385. The molecule has 1 aromatic heterocycles. The fraction of sp³-hybridized carbons (Fsp3) is 0.667. The van der Waals surface area contributed by atoms with Gasteiger partial charge in [0.05, 0.1) is 12.2 Å². The molecular weight excluding hydrogens is 152 g/mol. The molecule has 1 atom stereocenters. The zero-order chi connectivity index (χ0) is 9.14. The molecule has 3 heteroatoms. The Hall–Kier alpha value is -0.830. The van der Waals surface area contributed by atoms with Gasteiger partial charge in [-0.15, -0.1) is 0 Å². The summed E-state index contributed by atoms with van der Waals surface area (Å²) in [6.45, 7) is 8.16. The first-order valence-corrected chi connectivity index (χ1v) is 4.28. The number of nitrogens with zero attached hydrogens (tertiary/aromatic N) is 1. The van der Waals surface area contributed by atoms with Crippen LogP contribution in [0.5, 0.6) is 0 Å². The van der Waals surface area contributed by atoms with Crippen LogP contribution in [0.1, 0.15) is 38.5 Å². The lowest BCUT2D eigenvalue weighted by atomic mass is 10.3. The van der Waals surface area contributed by atoms with E-state index in [4.69, 9.17) is 4.42 Å². The summed E-state index contributed by atoms with van der Waals surface area (Å²) in [6.07, 6.45) is 1.74. The minimum atomic E-state index is 0.193. The fourth-order valence-corrected chi connectivity index (χ4v) is 1.14. The van der Waals surface area contributed by atoms with Gasteiger partial charge in [-0.2, -0.15) is 0 Å². The molecule has 12 heavy (non-hydrogen) atoms. The van der Waals surface area contributed by atoms with Crippen LogP contribution in [0.4, 0.5) is 0 Å². The van der Waals surface area contributed by atoms with E-state index in [1.54, 1.807) is 6.20 Å². The van der Waals surface area contributed by atoms with Gasteiger partial charge in [0.25, 0.3) is 0 Å². The lowest BCUT2D eigenvalue weighted by Gasteiger charge is -2.12. The van der Waals surface area contributed by atoms with Crippen LogP contribution in [0.15, 0.2) is 10.6 Å². The Bertz CT molecular complexity index is 242. The summed E-state index contributed by atoms with van der Waals surface area (Å²) in [7, 11) is 0. The Kier molecular flexibility index (Phi) is 2.87. The van der Waals surface area contributed by atoms with Crippen molar-refractivity contribution in [1.29, 1.82) is 0 Å². The molecule has 0 aliphatic heterocycles. The zero-order valence-corrected chi connectivity index (χ0v) is 8.09. The second-order valence-electron chi connectivity index (χ2n) is 3.35. The average Bonchev–Trinajstić information content (AvgIpc) is 2.34. The highest BCUT2D eigenvalue weighted by atomic mass is 16.4. The molecule has 0 aliphatic rings. The molecule has 1 heterocycles. The summed E-state index contributed by atoms with van der Waals surface area (Å²) in [4.78, 5) is 4.14. The molecule has 1 aromatic rings. The molecule has 0 saturated heterocycles. The molecule has 1 N–H and O–H groups in total. The molecule has 0 aromatic carbocycles. The monoisotopic (exact) mass is 168 g/mol. The van der Waals surface area contributed by atoms with Crippen molar-refractivity contribution in [3.05, 3.63) is 17.8 Å². The van der Waals surface area contributed by atoms with E-state index in [0.717, 1.165) is 11.7 Å². The largest absolute Gasteiger partial charge is 0.444 e. The van der Waals surface area contributed by atoms with Crippen LogP contribution >= 0.6 is 0 Å². The van der Waals surface area contributed by atoms with E-state index in [1.165, 1.54) is 0 Å². The molecule has 0 radical (unpaired) electrons. The molecule has 3 nitrogen and oxygen atoms in total. The van der Waals surface area contributed by atoms with Crippen molar-refractivity contribution < 1.29 is 4.42 Å². The quantitative estimate of drug-likeness (QED) is 0.750. The van der Waals surface area contributed by atoms with Crippen molar-refractivity contribution in [3.63, 3.8) is 0 Å². The van der Waals surface area contributed by atoms with Crippen LogP contribution in [0.2, 0.25) is 0 Å². The Balaban J connectivity index is 2.58. The number of aromatic nitrogens is 1. The van der Waals surface area contributed by atoms with Gasteiger partial charge in [-0.3, -0.25) is 0 Å². The second-order valence-corrected chi connectivity index (χ2v) is 3.35. The van der Waals surface area contributed by atoms with Crippen LogP contribution in [0.25, 0.3) is 0 Å². The van der Waals surface area contributed by atoms with Crippen molar-refractivity contribution in [1.82, 2.24) is 10.3 Å². The minimum Gasteiger partial charge on any atom is -0.444 e. The molecule has 0 saturated carbocycles. The van der Waals surface area contributed by atoms with Crippen LogP contribution in [-0.2, 0) is 0 Å². The smallest absolute Gasteiger partial charge is 0.211 e. The average molecular weight is 168 g/mol. The van der Waals surface area contributed by atoms with Crippen LogP contribution < -0.4 is 5.32 Å². The van der Waals surface area contributed by atoms with Crippen LogP contribution in [-0.4, -0.2) is 11.0 Å². The predicted molar refractivity (Wildman–Crippen MR) is 47.9 cm³/mol. The standard InChI is InChI=1S/C9H16N2O/c1-6(2)11-8(4)9-10-5-7(3)12-9/h5-6,8,11H,1-4H3. The molecule has 0 bridgehead atoms. The van der Waals surface area contributed by atoms with Gasteiger partial charge in [-0.05, 0) is 13.8 Å². The van der Waals surface area contributed by atoms with E-state index < -0.39 is 0 Å². The van der Waals surface area contributed by atoms with E-state index in [0.29, 0.717) is 6.04 Å². The number of nitrogens with one attached hydrogen (secondary N) is 1. The third-order valence-electron chi connectivity index (χ3n) is 1.59. The van der Waals surface area contributed by atoms with Crippen LogP contribution in [0, 0.1) is 6.92 Å². The number of aryl methyl sites for hydroxylation is 1. The molecular formula is C9H16N2O. The molecule has 68 valence electrons. The van der Waals surface area contributed by atoms with Gasteiger partial charge < -0.3 is 9.73 Å². The third kappa shape index (κ3) is 2.34. The summed E-state index contributed by atoms with van der Waals surface area (Å²) in [5.74, 6) is 1.63. The SMILES string of the molecule is Cc1cnc(C(C)NC(C)C)o1. The molecule has 1 unspecified atom stereocenters. The maximum Gasteiger partial charge on any atom is 0.211 e. The van der Waals surface area contributed by atoms with Crippen molar-refractivity contribution in [3.8, 4) is 0 Å². The summed E-state index contributed by atoms with van der Waals surface area (Å²) in [5, 5.41) is 3.32. The lowest BCUT2D eigenvalue weighted by Crippen LogP contribution is -2.26. The maximum atomic E-state index is 5.37. The molecule has 0 aliphatic carbocycles. The van der Waals surface area contributed by atoms with E-state index >= 15 is 0 Å². The van der Waals surface area contributed by atoms with Crippen molar-refractivity contribution in [2.45, 2.75) is 39.8 Å². The minimum absolute atomic E-state index is 0.193. The highest BCUT2D eigenvalue weighted by Gasteiger charge is 2.11. The van der Waals surface area contributed by atoms with Crippen LogP contribution in [0.3, 0.4) is 0 Å². The molecule has 0 spiro atoms. The van der Waals surface area contributed by atoms with Gasteiger partial charge in [0.2, 0.25) is 5.89 Å². The number of oxazole rings is 1. The number of rotatable bonds is 3. The molecule has 0 fully saturated rings. The van der Waals surface area contributed by atoms with E-state index in [9.17, 15) is 0 Å². The highest BCUT2D eigenvalue weighted by Crippen LogP contribution is 2.12. The Morgan fingerprint density at radius 3 is 2.50 bits per heavy atom. The summed E-state index contributed by atoms with van der Waals surface area (Å²) >= 11 is 0.